The van der Waals surface area contributed by atoms with Gasteiger partial charge >= 0.3 is 5.76 Å². The molecule has 0 aliphatic rings. The lowest BCUT2D eigenvalue weighted by atomic mass is 10.2. The van der Waals surface area contributed by atoms with Gasteiger partial charge in [-0.05, 0) is 49.6 Å². The van der Waals surface area contributed by atoms with E-state index in [1.165, 1.54) is 5.56 Å². The van der Waals surface area contributed by atoms with E-state index in [0.717, 1.165) is 18.6 Å². The Morgan fingerprint density at radius 1 is 1.23 bits per heavy atom. The zero-order valence-electron chi connectivity index (χ0n) is 12.5. The number of unbranched alkanes of at least 4 members (excludes halogenated alkanes) is 1. The van der Waals surface area contributed by atoms with E-state index in [1.54, 1.807) is 22.9 Å². The van der Waals surface area contributed by atoms with Crippen molar-refractivity contribution in [1.29, 1.82) is 0 Å². The van der Waals surface area contributed by atoms with E-state index in [1.807, 2.05) is 31.2 Å². The highest BCUT2D eigenvalue weighted by Crippen LogP contribution is 2.13. The van der Waals surface area contributed by atoms with Crippen molar-refractivity contribution in [1.82, 2.24) is 9.55 Å². The maximum Gasteiger partial charge on any atom is 0.421 e. The molecule has 0 saturated carbocycles. The highest BCUT2D eigenvalue weighted by molar-refractivity contribution is 5.67. The number of ether oxygens (including phenoxy) is 1. The van der Waals surface area contributed by atoms with Crippen LogP contribution in [0.5, 0.6) is 5.75 Å². The van der Waals surface area contributed by atoms with Crippen LogP contribution >= 0.6 is 0 Å². The summed E-state index contributed by atoms with van der Waals surface area (Å²) in [6, 6.07) is 11.5. The van der Waals surface area contributed by atoms with Gasteiger partial charge in [-0.1, -0.05) is 12.1 Å². The fourth-order valence-electron chi connectivity index (χ4n) is 2.36. The second-order valence-electron chi connectivity index (χ2n) is 5.22. The van der Waals surface area contributed by atoms with Crippen LogP contribution in [-0.4, -0.2) is 16.2 Å². The minimum atomic E-state index is -0.353. The van der Waals surface area contributed by atoms with Crippen molar-refractivity contribution in [3.63, 3.8) is 0 Å². The lowest BCUT2D eigenvalue weighted by molar-refractivity contribution is 0.302. The molecule has 2 heterocycles. The molecule has 0 unspecified atom stereocenters. The number of nitrogens with zero attached hydrogens (tertiary/aromatic N) is 2. The summed E-state index contributed by atoms with van der Waals surface area (Å²) < 4.78 is 12.4. The molecule has 114 valence electrons. The third-order valence-corrected chi connectivity index (χ3v) is 3.46. The summed E-state index contributed by atoms with van der Waals surface area (Å²) in [7, 11) is 0. The third kappa shape index (κ3) is 3.19. The number of rotatable bonds is 6. The van der Waals surface area contributed by atoms with Crippen LogP contribution in [0.1, 0.15) is 18.4 Å². The second kappa shape index (κ2) is 6.47. The Morgan fingerprint density at radius 2 is 2.14 bits per heavy atom. The molecule has 1 aromatic carbocycles. The first-order valence-corrected chi connectivity index (χ1v) is 7.38. The van der Waals surface area contributed by atoms with Crippen molar-refractivity contribution >= 4 is 11.2 Å². The van der Waals surface area contributed by atoms with E-state index < -0.39 is 0 Å². The lowest BCUT2D eigenvalue weighted by Gasteiger charge is -2.06. The van der Waals surface area contributed by atoms with Crippen molar-refractivity contribution < 1.29 is 9.15 Å². The fraction of sp³-hybridized carbons (Fsp3) is 0.294. The largest absolute Gasteiger partial charge is 0.494 e. The highest BCUT2D eigenvalue weighted by Gasteiger charge is 2.08. The number of oxazole rings is 1. The highest BCUT2D eigenvalue weighted by atomic mass is 16.5. The topological polar surface area (TPSA) is 57.3 Å². The Balaban J connectivity index is 1.52. The van der Waals surface area contributed by atoms with Gasteiger partial charge in [0.2, 0.25) is 0 Å². The van der Waals surface area contributed by atoms with Gasteiger partial charge in [0.25, 0.3) is 0 Å². The normalized spacial score (nSPS) is 11.0. The Labute approximate surface area is 128 Å². The van der Waals surface area contributed by atoms with Gasteiger partial charge in [0.1, 0.15) is 5.75 Å². The second-order valence-corrected chi connectivity index (χ2v) is 5.22. The molecule has 5 heteroatoms. The van der Waals surface area contributed by atoms with Crippen LogP contribution in [0.25, 0.3) is 11.2 Å². The maximum absolute atomic E-state index is 11.8. The van der Waals surface area contributed by atoms with Crippen molar-refractivity contribution in [2.75, 3.05) is 6.61 Å². The first-order valence-electron chi connectivity index (χ1n) is 7.38. The minimum Gasteiger partial charge on any atom is -0.494 e. The number of aromatic nitrogens is 2. The van der Waals surface area contributed by atoms with Gasteiger partial charge in [0, 0.05) is 12.7 Å². The Bertz CT molecular complexity index is 820. The van der Waals surface area contributed by atoms with Gasteiger partial charge in [0.15, 0.2) is 11.2 Å². The number of hydrogen-bond donors (Lipinski definition) is 0. The summed E-state index contributed by atoms with van der Waals surface area (Å²) in [5.74, 6) is 0.529. The number of aryl methyl sites for hydroxylation is 2. The summed E-state index contributed by atoms with van der Waals surface area (Å²) in [6.45, 7) is 3.25. The predicted octanol–water partition coefficient (Wildman–Crippen LogP) is 3.16. The lowest BCUT2D eigenvalue weighted by Crippen LogP contribution is -2.15. The smallest absolute Gasteiger partial charge is 0.421 e. The zero-order chi connectivity index (χ0) is 15.4. The molecule has 0 radical (unpaired) electrons. The van der Waals surface area contributed by atoms with E-state index in [-0.39, 0.29) is 5.76 Å². The monoisotopic (exact) mass is 298 g/mol. The van der Waals surface area contributed by atoms with Crippen LogP contribution in [0, 0.1) is 6.92 Å². The predicted molar refractivity (Wildman–Crippen MR) is 84.2 cm³/mol. The van der Waals surface area contributed by atoms with Gasteiger partial charge in [0.05, 0.1) is 6.61 Å². The fourth-order valence-corrected chi connectivity index (χ4v) is 2.36. The average molecular weight is 298 g/mol. The molecule has 0 aliphatic carbocycles. The van der Waals surface area contributed by atoms with Crippen molar-refractivity contribution in [2.45, 2.75) is 26.3 Å². The van der Waals surface area contributed by atoms with Crippen molar-refractivity contribution in [3.05, 3.63) is 58.7 Å². The SMILES string of the molecule is Cc1cccc(OCCCCn2c(=O)oc3cccnc32)c1. The van der Waals surface area contributed by atoms with Gasteiger partial charge in [-0.3, -0.25) is 4.57 Å². The van der Waals surface area contributed by atoms with E-state index >= 15 is 0 Å². The molecule has 22 heavy (non-hydrogen) atoms. The van der Waals surface area contributed by atoms with Crippen molar-refractivity contribution in [2.24, 2.45) is 0 Å². The molecule has 0 spiro atoms. The van der Waals surface area contributed by atoms with Gasteiger partial charge in [-0.15, -0.1) is 0 Å². The summed E-state index contributed by atoms with van der Waals surface area (Å²) >= 11 is 0. The molecule has 0 amide bonds. The summed E-state index contributed by atoms with van der Waals surface area (Å²) in [6.07, 6.45) is 3.35. The number of hydrogen-bond acceptors (Lipinski definition) is 4. The Kier molecular flexibility index (Phi) is 4.23. The molecule has 2 aromatic heterocycles. The quantitative estimate of drug-likeness (QED) is 0.656. The molecule has 0 N–H and O–H groups in total. The first-order chi connectivity index (χ1) is 10.7. The van der Waals surface area contributed by atoms with Gasteiger partial charge in [-0.25, -0.2) is 9.78 Å². The van der Waals surface area contributed by atoms with E-state index in [4.69, 9.17) is 9.15 Å². The molecular weight excluding hydrogens is 280 g/mol. The molecular formula is C17H18N2O3. The van der Waals surface area contributed by atoms with Crippen molar-refractivity contribution in [3.8, 4) is 5.75 Å². The average Bonchev–Trinajstić information content (AvgIpc) is 2.83. The van der Waals surface area contributed by atoms with Crippen LogP contribution in [0.2, 0.25) is 0 Å². The molecule has 5 nitrogen and oxygen atoms in total. The molecule has 3 rings (SSSR count). The van der Waals surface area contributed by atoms with Crippen LogP contribution in [0.3, 0.4) is 0 Å². The number of pyridine rings is 1. The molecule has 0 aliphatic heterocycles. The van der Waals surface area contributed by atoms with E-state index in [0.29, 0.717) is 24.4 Å². The van der Waals surface area contributed by atoms with Crippen LogP contribution in [0.15, 0.2) is 51.8 Å². The molecule has 0 fully saturated rings. The zero-order valence-corrected chi connectivity index (χ0v) is 12.5. The Morgan fingerprint density at radius 3 is 3.00 bits per heavy atom. The van der Waals surface area contributed by atoms with Gasteiger partial charge < -0.3 is 9.15 Å². The standard InChI is InChI=1S/C17H18N2O3/c1-13-6-4-7-14(12-13)21-11-3-2-10-19-16-15(22-17(19)20)8-5-9-18-16/h4-9,12H,2-3,10-11H2,1H3. The molecule has 0 bridgehead atoms. The number of benzene rings is 1. The summed E-state index contributed by atoms with van der Waals surface area (Å²) in [4.78, 5) is 16.0. The van der Waals surface area contributed by atoms with Gasteiger partial charge in [-0.2, -0.15) is 0 Å². The van der Waals surface area contributed by atoms with Crippen LogP contribution in [0.4, 0.5) is 0 Å². The molecule has 3 aromatic rings. The summed E-state index contributed by atoms with van der Waals surface area (Å²) in [5.41, 5.74) is 2.32. The summed E-state index contributed by atoms with van der Waals surface area (Å²) in [5, 5.41) is 0. The van der Waals surface area contributed by atoms with Crippen LogP contribution in [-0.2, 0) is 6.54 Å². The first kappa shape index (κ1) is 14.4. The number of fused-ring (bicyclic) bond motifs is 1. The van der Waals surface area contributed by atoms with E-state index in [2.05, 4.69) is 4.98 Å². The molecule has 0 atom stereocenters. The third-order valence-electron chi connectivity index (χ3n) is 3.46. The molecule has 0 saturated heterocycles. The maximum atomic E-state index is 11.8. The van der Waals surface area contributed by atoms with Crippen LogP contribution < -0.4 is 10.5 Å². The minimum absolute atomic E-state index is 0.353. The van der Waals surface area contributed by atoms with E-state index in [9.17, 15) is 4.79 Å². The Hall–Kier alpha value is -2.56.